The maximum Gasteiger partial charge on any atom is 0.240 e. The van der Waals surface area contributed by atoms with Gasteiger partial charge in [-0.1, -0.05) is 25.1 Å². The predicted octanol–water partition coefficient (Wildman–Crippen LogP) is 2.73. The Labute approximate surface area is 142 Å². The number of nitrogens with zero attached hydrogens (tertiary/aromatic N) is 2. The molecule has 0 aliphatic carbocycles. The lowest BCUT2D eigenvalue weighted by Gasteiger charge is -2.06. The quantitative estimate of drug-likeness (QED) is 0.748. The molecule has 0 spiro atoms. The molecule has 3 rings (SSSR count). The summed E-state index contributed by atoms with van der Waals surface area (Å²) < 4.78 is 29.2. The van der Waals surface area contributed by atoms with Gasteiger partial charge in [-0.3, -0.25) is 0 Å². The van der Waals surface area contributed by atoms with E-state index in [0.29, 0.717) is 17.9 Å². The Balaban J connectivity index is 1.66. The van der Waals surface area contributed by atoms with Crippen LogP contribution >= 0.6 is 0 Å². The van der Waals surface area contributed by atoms with Crippen molar-refractivity contribution in [1.82, 2.24) is 14.1 Å². The highest BCUT2D eigenvalue weighted by atomic mass is 32.2. The van der Waals surface area contributed by atoms with Gasteiger partial charge in [-0.2, -0.15) is 0 Å². The van der Waals surface area contributed by atoms with Gasteiger partial charge in [-0.05, 0) is 42.7 Å². The molecule has 1 aromatic carbocycles. The molecule has 2 aromatic heterocycles. The van der Waals surface area contributed by atoms with Crippen molar-refractivity contribution in [1.29, 1.82) is 0 Å². The lowest BCUT2D eigenvalue weighted by Crippen LogP contribution is -2.26. The molecule has 0 amide bonds. The van der Waals surface area contributed by atoms with E-state index in [0.717, 1.165) is 28.9 Å². The third-order valence-electron chi connectivity index (χ3n) is 4.04. The summed E-state index contributed by atoms with van der Waals surface area (Å²) in [5.74, 6) is 0. The van der Waals surface area contributed by atoms with Crippen molar-refractivity contribution in [2.24, 2.45) is 0 Å². The monoisotopic (exact) mass is 343 g/mol. The number of fused-ring (bicyclic) bond motifs is 1. The van der Waals surface area contributed by atoms with Gasteiger partial charge in [-0.25, -0.2) is 18.1 Å². The van der Waals surface area contributed by atoms with Gasteiger partial charge >= 0.3 is 0 Å². The Morgan fingerprint density at radius 3 is 2.58 bits per heavy atom. The van der Waals surface area contributed by atoms with Crippen LogP contribution in [0.4, 0.5) is 0 Å². The number of benzene rings is 1. The van der Waals surface area contributed by atoms with E-state index < -0.39 is 10.0 Å². The fourth-order valence-corrected chi connectivity index (χ4v) is 3.66. The molecule has 3 aromatic rings. The summed E-state index contributed by atoms with van der Waals surface area (Å²) >= 11 is 0. The van der Waals surface area contributed by atoms with Gasteiger partial charge in [0.25, 0.3) is 0 Å². The minimum Gasteiger partial charge on any atom is -0.307 e. The second-order valence-corrected chi connectivity index (χ2v) is 7.57. The Kier molecular flexibility index (Phi) is 4.69. The van der Waals surface area contributed by atoms with E-state index in [9.17, 15) is 8.42 Å². The Morgan fingerprint density at radius 1 is 1.17 bits per heavy atom. The molecule has 6 heteroatoms. The van der Waals surface area contributed by atoms with Gasteiger partial charge in [0, 0.05) is 25.4 Å². The number of pyridine rings is 1. The average Bonchev–Trinajstić information content (AvgIpc) is 2.99. The van der Waals surface area contributed by atoms with E-state index in [2.05, 4.69) is 9.71 Å². The molecule has 1 N–H and O–H groups in total. The molecule has 0 saturated carbocycles. The minimum atomic E-state index is -3.48. The number of aryl methyl sites for hydroxylation is 2. The first-order chi connectivity index (χ1) is 11.5. The third kappa shape index (κ3) is 3.49. The zero-order valence-corrected chi connectivity index (χ0v) is 14.7. The van der Waals surface area contributed by atoms with Gasteiger partial charge in [0.05, 0.1) is 10.6 Å². The Bertz CT molecular complexity index is 944. The number of nitrogens with one attached hydrogen (secondary N) is 1. The molecule has 0 fully saturated rings. The highest BCUT2D eigenvalue weighted by Crippen LogP contribution is 2.12. The topological polar surface area (TPSA) is 63.5 Å². The van der Waals surface area contributed by atoms with Gasteiger partial charge in [0.1, 0.15) is 5.65 Å². The number of sulfonamides is 1. The van der Waals surface area contributed by atoms with Crippen LogP contribution in [0.5, 0.6) is 0 Å². The molecule has 0 radical (unpaired) electrons. The summed E-state index contributed by atoms with van der Waals surface area (Å²) in [7, 11) is -3.48. The van der Waals surface area contributed by atoms with Crippen molar-refractivity contribution in [3.8, 4) is 0 Å². The van der Waals surface area contributed by atoms with Crippen LogP contribution in [-0.2, 0) is 22.9 Å². The smallest absolute Gasteiger partial charge is 0.240 e. The van der Waals surface area contributed by atoms with Crippen LogP contribution in [0.25, 0.3) is 5.65 Å². The van der Waals surface area contributed by atoms with Gasteiger partial charge in [-0.15, -0.1) is 0 Å². The standard InChI is InChI=1S/C18H21N3O2S/c1-3-15-6-8-17(9-7-15)24(22,23)19-11-10-16-13-21-12-4-5-14(2)18(21)20-16/h4-9,12-13,19H,3,10-11H2,1-2H3. The zero-order chi connectivity index (χ0) is 17.2. The van der Waals surface area contributed by atoms with E-state index in [1.54, 1.807) is 12.1 Å². The van der Waals surface area contributed by atoms with Crippen LogP contribution in [0.3, 0.4) is 0 Å². The first-order valence-corrected chi connectivity index (χ1v) is 9.50. The molecule has 24 heavy (non-hydrogen) atoms. The molecular weight excluding hydrogens is 322 g/mol. The van der Waals surface area contributed by atoms with Crippen LogP contribution < -0.4 is 4.72 Å². The third-order valence-corrected chi connectivity index (χ3v) is 5.52. The molecule has 0 bridgehead atoms. The highest BCUT2D eigenvalue weighted by Gasteiger charge is 2.13. The van der Waals surface area contributed by atoms with Crippen molar-refractivity contribution in [3.05, 3.63) is 65.6 Å². The molecular formula is C18H21N3O2S. The van der Waals surface area contributed by atoms with Crippen LogP contribution in [0, 0.1) is 6.92 Å². The average molecular weight is 343 g/mol. The summed E-state index contributed by atoms with van der Waals surface area (Å²) in [6, 6.07) is 11.0. The van der Waals surface area contributed by atoms with Crippen LogP contribution in [0.15, 0.2) is 53.7 Å². The minimum absolute atomic E-state index is 0.297. The van der Waals surface area contributed by atoms with Gasteiger partial charge < -0.3 is 4.40 Å². The maximum absolute atomic E-state index is 12.3. The molecule has 0 saturated heterocycles. The summed E-state index contributed by atoms with van der Waals surface area (Å²) in [5.41, 5.74) is 3.99. The largest absolute Gasteiger partial charge is 0.307 e. The van der Waals surface area contributed by atoms with Crippen LogP contribution in [0.1, 0.15) is 23.7 Å². The van der Waals surface area contributed by atoms with Crippen molar-refractivity contribution < 1.29 is 8.42 Å². The van der Waals surface area contributed by atoms with Crippen molar-refractivity contribution >= 4 is 15.7 Å². The molecule has 0 aliphatic heterocycles. The SMILES string of the molecule is CCc1ccc(S(=O)(=O)NCCc2cn3cccc(C)c3n2)cc1. The second kappa shape index (κ2) is 6.75. The fourth-order valence-electron chi connectivity index (χ4n) is 2.63. The number of rotatable bonds is 6. The highest BCUT2D eigenvalue weighted by molar-refractivity contribution is 7.89. The van der Waals surface area contributed by atoms with Crippen LogP contribution in [-0.4, -0.2) is 24.3 Å². The van der Waals surface area contributed by atoms with E-state index in [1.807, 2.05) is 54.9 Å². The normalized spacial score (nSPS) is 11.9. The maximum atomic E-state index is 12.3. The van der Waals surface area contributed by atoms with Crippen molar-refractivity contribution in [2.75, 3.05) is 6.54 Å². The molecule has 0 aliphatic rings. The number of hydrogen-bond donors (Lipinski definition) is 1. The number of aromatic nitrogens is 2. The van der Waals surface area contributed by atoms with E-state index in [1.165, 1.54) is 0 Å². The first-order valence-electron chi connectivity index (χ1n) is 8.01. The van der Waals surface area contributed by atoms with Crippen LogP contribution in [0.2, 0.25) is 0 Å². The lowest BCUT2D eigenvalue weighted by atomic mass is 10.2. The lowest BCUT2D eigenvalue weighted by molar-refractivity contribution is 0.581. The fraction of sp³-hybridized carbons (Fsp3) is 0.278. The van der Waals surface area contributed by atoms with Gasteiger partial charge in [0.2, 0.25) is 10.0 Å². The summed E-state index contributed by atoms with van der Waals surface area (Å²) in [6.07, 6.45) is 5.32. The predicted molar refractivity (Wildman–Crippen MR) is 94.6 cm³/mol. The van der Waals surface area contributed by atoms with Crippen molar-refractivity contribution in [2.45, 2.75) is 31.6 Å². The Morgan fingerprint density at radius 2 is 1.92 bits per heavy atom. The van der Waals surface area contributed by atoms with E-state index >= 15 is 0 Å². The summed E-state index contributed by atoms with van der Waals surface area (Å²) in [5, 5.41) is 0. The summed E-state index contributed by atoms with van der Waals surface area (Å²) in [6.45, 7) is 4.37. The number of hydrogen-bond acceptors (Lipinski definition) is 3. The summed E-state index contributed by atoms with van der Waals surface area (Å²) in [4.78, 5) is 4.85. The number of imidazole rings is 1. The molecule has 0 atom stereocenters. The second-order valence-electron chi connectivity index (χ2n) is 5.80. The van der Waals surface area contributed by atoms with E-state index in [4.69, 9.17) is 0 Å². The first kappa shape index (κ1) is 16.7. The molecule has 5 nitrogen and oxygen atoms in total. The molecule has 126 valence electrons. The Hall–Kier alpha value is -2.18. The molecule has 2 heterocycles. The van der Waals surface area contributed by atoms with Gasteiger partial charge in [0.15, 0.2) is 0 Å². The molecule has 0 unspecified atom stereocenters. The van der Waals surface area contributed by atoms with Crippen molar-refractivity contribution in [3.63, 3.8) is 0 Å². The van der Waals surface area contributed by atoms with E-state index in [-0.39, 0.29) is 0 Å². The zero-order valence-electron chi connectivity index (χ0n) is 13.9.